The molecular weight excluding hydrogens is 268 g/mol. The van der Waals surface area contributed by atoms with Crippen LogP contribution in [0.4, 0.5) is 11.4 Å². The zero-order chi connectivity index (χ0) is 15.4. The Kier molecular flexibility index (Phi) is 4.18. The van der Waals surface area contributed by atoms with Crippen molar-refractivity contribution in [2.75, 3.05) is 16.9 Å². The Morgan fingerprint density at radius 3 is 2.90 bits per heavy atom. The average molecular weight is 284 g/mol. The van der Waals surface area contributed by atoms with E-state index in [1.807, 2.05) is 25.1 Å². The van der Waals surface area contributed by atoms with Gasteiger partial charge in [0.15, 0.2) is 5.84 Å². The van der Waals surface area contributed by atoms with Crippen molar-refractivity contribution in [3.8, 4) is 6.07 Å². The van der Waals surface area contributed by atoms with Crippen molar-refractivity contribution in [2.24, 2.45) is 10.8 Å². The van der Waals surface area contributed by atoms with E-state index in [1.165, 1.54) is 0 Å². The number of carbonyl (C=O) groups is 1. The molecule has 1 fully saturated rings. The molecule has 0 radical (unpaired) electrons. The van der Waals surface area contributed by atoms with Crippen LogP contribution in [0.25, 0.3) is 0 Å². The summed E-state index contributed by atoms with van der Waals surface area (Å²) in [6.45, 7) is 2.58. The maximum Gasteiger partial charge on any atom is 0.227 e. The summed E-state index contributed by atoms with van der Waals surface area (Å²) in [5.41, 5.74) is 10.1. The molecule has 108 valence electrons. The summed E-state index contributed by atoms with van der Waals surface area (Å²) < 4.78 is 0. The summed E-state index contributed by atoms with van der Waals surface area (Å²) in [5, 5.41) is 19.9. The van der Waals surface area contributed by atoms with Crippen LogP contribution in [0.1, 0.15) is 18.4 Å². The molecule has 1 saturated heterocycles. The molecule has 1 aromatic rings. The van der Waals surface area contributed by atoms with E-state index >= 15 is 0 Å². The lowest BCUT2D eigenvalue weighted by Crippen LogP contribution is -2.25. The monoisotopic (exact) mass is 284 g/mol. The highest BCUT2D eigenvalue weighted by Crippen LogP contribution is 2.30. The van der Waals surface area contributed by atoms with Crippen LogP contribution in [0.2, 0.25) is 0 Å². The van der Waals surface area contributed by atoms with E-state index in [1.54, 1.807) is 11.0 Å². The highest BCUT2D eigenvalue weighted by atomic mass is 16.2. The molecule has 0 unspecified atom stereocenters. The molecule has 1 aliphatic heterocycles. The van der Waals surface area contributed by atoms with Crippen LogP contribution in [-0.2, 0) is 4.79 Å². The molecule has 0 bridgehead atoms. The summed E-state index contributed by atoms with van der Waals surface area (Å²) in [6, 6.07) is 7.33. The summed E-state index contributed by atoms with van der Waals surface area (Å²) in [6.07, 6.45) is 1.36. The second kappa shape index (κ2) is 6.05. The van der Waals surface area contributed by atoms with Crippen molar-refractivity contribution >= 4 is 28.8 Å². The number of amides is 1. The van der Waals surface area contributed by atoms with E-state index < -0.39 is 5.84 Å². The van der Waals surface area contributed by atoms with Gasteiger partial charge < -0.3 is 10.6 Å². The molecule has 7 heteroatoms. The van der Waals surface area contributed by atoms with Crippen molar-refractivity contribution in [3.05, 3.63) is 23.8 Å². The second-order valence-corrected chi connectivity index (χ2v) is 4.77. The lowest BCUT2D eigenvalue weighted by Gasteiger charge is -2.19. The summed E-state index contributed by atoms with van der Waals surface area (Å²) in [5.74, 6) is -0.339. The molecule has 21 heavy (non-hydrogen) atoms. The maximum absolute atomic E-state index is 11.9. The third kappa shape index (κ3) is 3.17. The van der Waals surface area contributed by atoms with Crippen LogP contribution >= 0.6 is 0 Å². The normalized spacial score (nSPS) is 15.0. The Morgan fingerprint density at radius 1 is 1.57 bits per heavy atom. The number of nitrogens with two attached hydrogens (primary N) is 1. The molecule has 1 aliphatic rings. The largest absolute Gasteiger partial charge is 0.382 e. The minimum atomic E-state index is -0.406. The van der Waals surface area contributed by atoms with Crippen molar-refractivity contribution in [1.29, 1.82) is 10.7 Å². The molecule has 0 aliphatic carbocycles. The van der Waals surface area contributed by atoms with E-state index in [0.29, 0.717) is 24.3 Å². The Balaban J connectivity index is 2.34. The third-order valence-corrected chi connectivity index (χ3v) is 3.17. The van der Waals surface area contributed by atoms with Crippen LogP contribution in [0.15, 0.2) is 23.3 Å². The van der Waals surface area contributed by atoms with E-state index in [4.69, 9.17) is 16.4 Å². The summed E-state index contributed by atoms with van der Waals surface area (Å²) in [7, 11) is 0. The lowest BCUT2D eigenvalue weighted by molar-refractivity contribution is -0.117. The van der Waals surface area contributed by atoms with Crippen LogP contribution in [0.5, 0.6) is 0 Å². The minimum absolute atomic E-state index is 0.0676. The fourth-order valence-corrected chi connectivity index (χ4v) is 2.14. The molecule has 7 nitrogen and oxygen atoms in total. The maximum atomic E-state index is 11.9. The SMILES string of the molecule is Cc1ccc(N2CCCC2=O)c(N/N=C(\C#N)C(=N)N)c1. The Bertz CT molecular complexity index is 658. The molecular formula is C14H16N6O. The van der Waals surface area contributed by atoms with Gasteiger partial charge in [0.2, 0.25) is 11.6 Å². The average Bonchev–Trinajstić information content (AvgIpc) is 2.85. The number of hydrazone groups is 1. The van der Waals surface area contributed by atoms with Gasteiger partial charge in [-0.05, 0) is 31.0 Å². The second-order valence-electron chi connectivity index (χ2n) is 4.77. The topological polar surface area (TPSA) is 118 Å². The van der Waals surface area contributed by atoms with Gasteiger partial charge in [0.1, 0.15) is 6.07 Å². The zero-order valence-corrected chi connectivity index (χ0v) is 11.7. The first-order valence-corrected chi connectivity index (χ1v) is 6.52. The smallest absolute Gasteiger partial charge is 0.227 e. The fraction of sp³-hybridized carbons (Fsp3) is 0.286. The molecule has 1 amide bonds. The number of carbonyl (C=O) groups excluding carboxylic acids is 1. The molecule has 4 N–H and O–H groups in total. The molecule has 1 aromatic carbocycles. The van der Waals surface area contributed by atoms with Gasteiger partial charge in [0.05, 0.1) is 11.4 Å². The van der Waals surface area contributed by atoms with Crippen molar-refractivity contribution in [2.45, 2.75) is 19.8 Å². The van der Waals surface area contributed by atoms with Crippen LogP contribution in [0, 0.1) is 23.7 Å². The minimum Gasteiger partial charge on any atom is -0.382 e. The van der Waals surface area contributed by atoms with E-state index in [2.05, 4.69) is 10.5 Å². The first-order chi connectivity index (χ1) is 10.0. The quantitative estimate of drug-likeness (QED) is 0.439. The number of rotatable bonds is 4. The summed E-state index contributed by atoms with van der Waals surface area (Å²) in [4.78, 5) is 13.6. The molecule has 0 atom stereocenters. The number of benzene rings is 1. The van der Waals surface area contributed by atoms with Gasteiger partial charge in [-0.2, -0.15) is 10.4 Å². The van der Waals surface area contributed by atoms with Gasteiger partial charge in [-0.25, -0.2) is 0 Å². The summed E-state index contributed by atoms with van der Waals surface area (Å²) >= 11 is 0. The predicted octanol–water partition coefficient (Wildman–Crippen LogP) is 1.35. The van der Waals surface area contributed by atoms with Crippen LogP contribution in [0.3, 0.4) is 0 Å². The highest BCUT2D eigenvalue weighted by molar-refractivity contribution is 6.45. The number of hydrogen-bond acceptors (Lipinski definition) is 5. The van der Waals surface area contributed by atoms with E-state index in [9.17, 15) is 4.79 Å². The third-order valence-electron chi connectivity index (χ3n) is 3.17. The molecule has 0 saturated carbocycles. The van der Waals surface area contributed by atoms with Crippen molar-refractivity contribution in [1.82, 2.24) is 0 Å². The Morgan fingerprint density at radius 2 is 2.33 bits per heavy atom. The molecule has 0 spiro atoms. The number of hydrogen-bond donors (Lipinski definition) is 3. The Hall–Kier alpha value is -2.88. The van der Waals surface area contributed by atoms with Gasteiger partial charge in [-0.3, -0.25) is 15.6 Å². The number of aryl methyl sites for hydroxylation is 1. The number of nitrogens with zero attached hydrogens (tertiary/aromatic N) is 3. The molecule has 1 heterocycles. The standard InChI is InChI=1S/C14H16N6O/c1-9-4-5-12(20-6-2-3-13(20)21)10(7-9)18-19-11(8-15)14(16)17/h4-5,7,18H,2-3,6H2,1H3,(H3,16,17)/b19-11+. The number of nitriles is 1. The highest BCUT2D eigenvalue weighted by Gasteiger charge is 2.23. The fourth-order valence-electron chi connectivity index (χ4n) is 2.14. The molecule has 2 rings (SSSR count). The van der Waals surface area contributed by atoms with Crippen molar-refractivity contribution in [3.63, 3.8) is 0 Å². The number of anilines is 2. The predicted molar refractivity (Wildman–Crippen MR) is 81.4 cm³/mol. The van der Waals surface area contributed by atoms with E-state index in [0.717, 1.165) is 12.0 Å². The first kappa shape index (κ1) is 14.5. The number of nitrogens with one attached hydrogen (secondary N) is 2. The lowest BCUT2D eigenvalue weighted by atomic mass is 10.2. The van der Waals surface area contributed by atoms with Crippen molar-refractivity contribution < 1.29 is 4.79 Å². The van der Waals surface area contributed by atoms with Crippen LogP contribution < -0.4 is 16.1 Å². The van der Waals surface area contributed by atoms with E-state index in [-0.39, 0.29) is 11.6 Å². The number of amidine groups is 1. The van der Waals surface area contributed by atoms with Gasteiger partial charge >= 0.3 is 0 Å². The molecule has 0 aromatic heterocycles. The van der Waals surface area contributed by atoms with Gasteiger partial charge in [0.25, 0.3) is 0 Å². The van der Waals surface area contributed by atoms with Crippen LogP contribution in [-0.4, -0.2) is 24.0 Å². The first-order valence-electron chi connectivity index (χ1n) is 6.52. The van der Waals surface area contributed by atoms with Gasteiger partial charge in [-0.1, -0.05) is 6.07 Å². The van der Waals surface area contributed by atoms with Gasteiger partial charge in [-0.15, -0.1) is 0 Å². The van der Waals surface area contributed by atoms with Gasteiger partial charge in [0, 0.05) is 13.0 Å². The Labute approximate surface area is 122 Å². The zero-order valence-electron chi connectivity index (χ0n) is 11.7.